The second-order valence-corrected chi connectivity index (χ2v) is 6.55. The summed E-state index contributed by atoms with van der Waals surface area (Å²) in [6, 6.07) is 20.9. The van der Waals surface area contributed by atoms with E-state index in [4.69, 9.17) is 9.40 Å². The molecule has 0 aliphatic heterocycles. The van der Waals surface area contributed by atoms with Gasteiger partial charge in [0.25, 0.3) is 0 Å². The van der Waals surface area contributed by atoms with Gasteiger partial charge in [-0.3, -0.25) is 4.98 Å². The Kier molecular flexibility index (Phi) is 2.95. The minimum atomic E-state index is 0.920. The van der Waals surface area contributed by atoms with Gasteiger partial charge in [-0.05, 0) is 48.6 Å². The van der Waals surface area contributed by atoms with E-state index >= 15 is 0 Å². The van der Waals surface area contributed by atoms with Gasteiger partial charge in [-0.2, -0.15) is 0 Å². The summed E-state index contributed by atoms with van der Waals surface area (Å²) in [4.78, 5) is 4.74. The van der Waals surface area contributed by atoms with E-state index in [1.807, 2.05) is 18.3 Å². The molecule has 0 unspecified atom stereocenters. The third kappa shape index (κ3) is 2.01. The molecule has 2 nitrogen and oxygen atoms in total. The van der Waals surface area contributed by atoms with Gasteiger partial charge in [-0.15, -0.1) is 0 Å². The van der Waals surface area contributed by atoms with E-state index in [1.165, 1.54) is 16.5 Å². The molecule has 2 heteroatoms. The number of aryl methyl sites for hydroxylation is 1. The topological polar surface area (TPSA) is 26.0 Å². The van der Waals surface area contributed by atoms with E-state index in [-0.39, 0.29) is 0 Å². The van der Waals surface area contributed by atoms with Crippen LogP contribution >= 0.6 is 0 Å². The maximum atomic E-state index is 6.28. The smallest absolute Gasteiger partial charge is 0.145 e. The molecule has 2 heterocycles. The lowest BCUT2D eigenvalue weighted by Crippen LogP contribution is -1.92. The first kappa shape index (κ1) is 14.2. The quantitative estimate of drug-likeness (QED) is 0.356. The van der Waals surface area contributed by atoms with Crippen molar-refractivity contribution >= 4 is 32.7 Å². The summed E-state index contributed by atoms with van der Waals surface area (Å²) >= 11 is 0. The number of para-hydroxylation sites is 1. The van der Waals surface area contributed by atoms with Gasteiger partial charge in [-0.25, -0.2) is 0 Å². The molecular weight excluding hydrogens is 306 g/mol. The van der Waals surface area contributed by atoms with Gasteiger partial charge in [-0.1, -0.05) is 42.5 Å². The Bertz CT molecular complexity index is 1260. The maximum absolute atomic E-state index is 6.28. The van der Waals surface area contributed by atoms with Gasteiger partial charge in [0.05, 0.1) is 5.69 Å². The molecule has 5 rings (SSSR count). The van der Waals surface area contributed by atoms with Crippen LogP contribution in [0.15, 0.2) is 71.3 Å². The van der Waals surface area contributed by atoms with Crippen LogP contribution in [-0.2, 0) is 0 Å². The van der Waals surface area contributed by atoms with E-state index in [1.54, 1.807) is 0 Å². The third-order valence-corrected chi connectivity index (χ3v) is 5.10. The van der Waals surface area contributed by atoms with Crippen molar-refractivity contribution in [3.05, 3.63) is 78.0 Å². The number of pyridine rings is 1. The van der Waals surface area contributed by atoms with E-state index in [9.17, 15) is 0 Å². The van der Waals surface area contributed by atoms with Crippen molar-refractivity contribution in [1.82, 2.24) is 4.98 Å². The van der Waals surface area contributed by atoms with E-state index < -0.39 is 0 Å². The summed E-state index contributed by atoms with van der Waals surface area (Å²) in [5, 5.41) is 4.66. The number of furan rings is 1. The van der Waals surface area contributed by atoms with Crippen LogP contribution in [-0.4, -0.2) is 4.98 Å². The lowest BCUT2D eigenvalue weighted by molar-refractivity contribution is 0.669. The fourth-order valence-corrected chi connectivity index (χ4v) is 3.69. The predicted octanol–water partition coefficient (Wildman–Crippen LogP) is 6.42. The zero-order valence-electron chi connectivity index (χ0n) is 14.2. The average Bonchev–Trinajstić information content (AvgIpc) is 3.00. The number of rotatable bonds is 1. The van der Waals surface area contributed by atoms with Crippen LogP contribution in [0.4, 0.5) is 0 Å². The second-order valence-electron chi connectivity index (χ2n) is 6.55. The number of benzene rings is 3. The molecule has 0 saturated heterocycles. The summed E-state index contributed by atoms with van der Waals surface area (Å²) in [7, 11) is 0. The van der Waals surface area contributed by atoms with Crippen molar-refractivity contribution in [3.8, 4) is 11.3 Å². The van der Waals surface area contributed by atoms with E-state index in [0.717, 1.165) is 38.6 Å². The number of fused-ring (bicyclic) bond motifs is 4. The highest BCUT2D eigenvalue weighted by atomic mass is 16.3. The molecule has 120 valence electrons. The zero-order chi connectivity index (χ0) is 17.0. The molecule has 0 radical (unpaired) electrons. The van der Waals surface area contributed by atoms with Crippen LogP contribution in [0.25, 0.3) is 44.0 Å². The molecule has 0 N–H and O–H groups in total. The van der Waals surface area contributed by atoms with Gasteiger partial charge < -0.3 is 4.42 Å². The third-order valence-electron chi connectivity index (χ3n) is 5.10. The maximum Gasteiger partial charge on any atom is 0.145 e. The van der Waals surface area contributed by atoms with E-state index in [0.29, 0.717) is 0 Å². The summed E-state index contributed by atoms with van der Waals surface area (Å²) in [5.41, 5.74) is 6.41. The fourth-order valence-electron chi connectivity index (χ4n) is 3.69. The van der Waals surface area contributed by atoms with Crippen LogP contribution in [0.1, 0.15) is 11.1 Å². The molecule has 0 atom stereocenters. The molecule has 2 aromatic heterocycles. The molecule has 0 aliphatic rings. The Balaban J connectivity index is 2.00. The molecule has 0 aliphatic carbocycles. The van der Waals surface area contributed by atoms with Crippen LogP contribution in [0, 0.1) is 13.8 Å². The molecule has 0 spiro atoms. The number of hydrogen-bond donors (Lipinski definition) is 0. The minimum Gasteiger partial charge on any atom is -0.455 e. The predicted molar refractivity (Wildman–Crippen MR) is 104 cm³/mol. The van der Waals surface area contributed by atoms with Gasteiger partial charge in [0.15, 0.2) is 0 Å². The number of aromatic nitrogens is 1. The Morgan fingerprint density at radius 1 is 0.800 bits per heavy atom. The van der Waals surface area contributed by atoms with Crippen molar-refractivity contribution in [2.45, 2.75) is 13.8 Å². The summed E-state index contributed by atoms with van der Waals surface area (Å²) in [6.45, 7) is 4.31. The highest BCUT2D eigenvalue weighted by molar-refractivity contribution is 6.12. The SMILES string of the molecule is Cc1cc2c(oc3ccccc32)c(-c2nccc3ccccc23)c1C. The standard InChI is InChI=1S/C23H17NO/c1-14-13-19-18-9-5-6-10-20(18)25-23(19)21(15(14)2)22-17-8-4-3-7-16(17)11-12-24-22/h3-13H,1-2H3. The Hall–Kier alpha value is -3.13. The van der Waals surface area contributed by atoms with Crippen LogP contribution < -0.4 is 0 Å². The Morgan fingerprint density at radius 2 is 1.56 bits per heavy atom. The molecule has 3 aromatic carbocycles. The van der Waals surface area contributed by atoms with Crippen LogP contribution in [0.2, 0.25) is 0 Å². The second kappa shape index (κ2) is 5.18. The van der Waals surface area contributed by atoms with Crippen molar-refractivity contribution in [2.75, 3.05) is 0 Å². The molecule has 0 saturated carbocycles. The Morgan fingerprint density at radius 3 is 2.44 bits per heavy atom. The summed E-state index contributed by atoms with van der Waals surface area (Å²) < 4.78 is 6.28. The first-order chi connectivity index (χ1) is 12.2. The monoisotopic (exact) mass is 323 g/mol. The van der Waals surface area contributed by atoms with Crippen molar-refractivity contribution in [3.63, 3.8) is 0 Å². The van der Waals surface area contributed by atoms with Crippen molar-refractivity contribution < 1.29 is 4.42 Å². The van der Waals surface area contributed by atoms with Gasteiger partial charge in [0.1, 0.15) is 11.2 Å². The molecule has 5 aromatic rings. The fraction of sp³-hybridized carbons (Fsp3) is 0.0870. The lowest BCUT2D eigenvalue weighted by atomic mass is 9.94. The lowest BCUT2D eigenvalue weighted by Gasteiger charge is -2.12. The zero-order valence-corrected chi connectivity index (χ0v) is 14.2. The van der Waals surface area contributed by atoms with Crippen molar-refractivity contribution in [1.29, 1.82) is 0 Å². The highest BCUT2D eigenvalue weighted by Gasteiger charge is 2.18. The minimum absolute atomic E-state index is 0.920. The first-order valence-electron chi connectivity index (χ1n) is 8.49. The summed E-state index contributed by atoms with van der Waals surface area (Å²) in [5.74, 6) is 0. The van der Waals surface area contributed by atoms with Crippen molar-refractivity contribution in [2.24, 2.45) is 0 Å². The molecule has 0 amide bonds. The van der Waals surface area contributed by atoms with E-state index in [2.05, 4.69) is 62.4 Å². The van der Waals surface area contributed by atoms with Gasteiger partial charge in [0, 0.05) is 27.9 Å². The van der Waals surface area contributed by atoms with Gasteiger partial charge in [0.2, 0.25) is 0 Å². The Labute approximate surface area is 145 Å². The molecule has 0 fully saturated rings. The largest absolute Gasteiger partial charge is 0.455 e. The molecular formula is C23H17NO. The average molecular weight is 323 g/mol. The van der Waals surface area contributed by atoms with Gasteiger partial charge >= 0.3 is 0 Å². The number of hydrogen-bond acceptors (Lipinski definition) is 2. The highest BCUT2D eigenvalue weighted by Crippen LogP contribution is 2.40. The number of nitrogens with zero attached hydrogens (tertiary/aromatic N) is 1. The van der Waals surface area contributed by atoms with Crippen LogP contribution in [0.3, 0.4) is 0 Å². The normalized spacial score (nSPS) is 11.6. The first-order valence-corrected chi connectivity index (χ1v) is 8.49. The molecule has 25 heavy (non-hydrogen) atoms. The molecule has 0 bridgehead atoms. The van der Waals surface area contributed by atoms with Crippen LogP contribution in [0.5, 0.6) is 0 Å². The summed E-state index contributed by atoms with van der Waals surface area (Å²) in [6.07, 6.45) is 1.88.